The predicted octanol–water partition coefficient (Wildman–Crippen LogP) is 12.2. The molecule has 0 aromatic heterocycles. The number of hydrogen-bond donors (Lipinski definition) is 0. The van der Waals surface area contributed by atoms with E-state index < -0.39 is 0 Å². The number of benzene rings is 2. The summed E-state index contributed by atoms with van der Waals surface area (Å²) in [4.78, 5) is 0. The molecule has 0 N–H and O–H groups in total. The Morgan fingerprint density at radius 1 is 0.977 bits per heavy atom. The molecule has 3 atom stereocenters. The van der Waals surface area contributed by atoms with Crippen molar-refractivity contribution in [1.29, 1.82) is 0 Å². The van der Waals surface area contributed by atoms with Crippen molar-refractivity contribution in [3.8, 4) is 0 Å². The van der Waals surface area contributed by atoms with Gasteiger partial charge in [-0.05, 0) is 138 Å². The third-order valence-corrected chi connectivity index (χ3v) is 12.2. The van der Waals surface area contributed by atoms with Crippen LogP contribution in [-0.4, -0.2) is 0 Å². The van der Waals surface area contributed by atoms with Crippen LogP contribution in [0.2, 0.25) is 0 Å². The lowest BCUT2D eigenvalue weighted by Gasteiger charge is -2.62. The standard InChI is InChI=1S/C44H52/c1-26(2)34-14-13-15-35(22-34)36-19-17-33(20-36)21-37-18-16-28(5)40-30(7)41-32(9)44(12)31(8)39(27(3)4)29(6)23-43(44,11)25-42(41,10)24-38(37)40/h13-16,18-20,22,26H,3,7-8,17,21,23-25H2,1-2,4-6,9-12H3/t42-,43+,44-/m1/s1. The second kappa shape index (κ2) is 10.3. The van der Waals surface area contributed by atoms with Gasteiger partial charge in [-0.2, -0.15) is 0 Å². The van der Waals surface area contributed by atoms with Gasteiger partial charge in [0.2, 0.25) is 0 Å². The summed E-state index contributed by atoms with van der Waals surface area (Å²) >= 11 is 0. The molecule has 0 spiro atoms. The normalized spacial score (nSPS) is 28.1. The molecule has 0 bridgehead atoms. The van der Waals surface area contributed by atoms with Gasteiger partial charge in [0.05, 0.1) is 0 Å². The Morgan fingerprint density at radius 2 is 1.70 bits per heavy atom. The highest BCUT2D eigenvalue weighted by Crippen LogP contribution is 2.70. The fourth-order valence-electron chi connectivity index (χ4n) is 9.99. The van der Waals surface area contributed by atoms with Crippen molar-refractivity contribution in [3.05, 3.63) is 141 Å². The lowest BCUT2D eigenvalue weighted by molar-refractivity contribution is 0.0543. The minimum absolute atomic E-state index is 0.0387. The first-order chi connectivity index (χ1) is 20.6. The first-order valence-electron chi connectivity index (χ1n) is 16.7. The van der Waals surface area contributed by atoms with Gasteiger partial charge in [0, 0.05) is 5.41 Å². The smallest absolute Gasteiger partial charge is 0.0194 e. The Hall–Kier alpha value is -3.38. The largest absolute Gasteiger partial charge is 0.0955 e. The fraction of sp³-hybridized carbons (Fsp3) is 0.409. The number of rotatable bonds is 5. The molecule has 6 rings (SSSR count). The van der Waals surface area contributed by atoms with Crippen LogP contribution in [0, 0.1) is 23.2 Å². The number of allylic oxidation sites excluding steroid dienone is 11. The molecular formula is C44H52. The summed E-state index contributed by atoms with van der Waals surface area (Å²) in [6.45, 7) is 35.2. The van der Waals surface area contributed by atoms with Crippen molar-refractivity contribution in [1.82, 2.24) is 0 Å². The maximum absolute atomic E-state index is 4.89. The fourth-order valence-corrected chi connectivity index (χ4v) is 9.99. The minimum Gasteiger partial charge on any atom is -0.0955 e. The zero-order valence-electron chi connectivity index (χ0n) is 28.9. The molecule has 0 nitrogen and oxygen atoms in total. The van der Waals surface area contributed by atoms with Crippen LogP contribution in [0.5, 0.6) is 0 Å². The van der Waals surface area contributed by atoms with Crippen LogP contribution in [0.4, 0.5) is 0 Å². The number of aryl methyl sites for hydroxylation is 1. The molecule has 0 saturated heterocycles. The molecule has 44 heavy (non-hydrogen) atoms. The van der Waals surface area contributed by atoms with Crippen molar-refractivity contribution >= 4 is 11.1 Å². The quantitative estimate of drug-likeness (QED) is 0.330. The molecule has 2 aromatic carbocycles. The average Bonchev–Trinajstić information content (AvgIpc) is 3.40. The topological polar surface area (TPSA) is 0 Å². The molecule has 0 fully saturated rings. The second-order valence-electron chi connectivity index (χ2n) is 15.7. The highest BCUT2D eigenvalue weighted by atomic mass is 14.6. The summed E-state index contributed by atoms with van der Waals surface area (Å²) in [5.74, 6) is 0.538. The summed E-state index contributed by atoms with van der Waals surface area (Å²) in [6, 6.07) is 13.8. The van der Waals surface area contributed by atoms with E-state index in [4.69, 9.17) is 13.2 Å². The zero-order chi connectivity index (χ0) is 31.9. The predicted molar refractivity (Wildman–Crippen MR) is 192 cm³/mol. The molecule has 0 unspecified atom stereocenters. The molecule has 0 saturated carbocycles. The molecule has 0 heteroatoms. The third kappa shape index (κ3) is 4.39. The van der Waals surface area contributed by atoms with Crippen LogP contribution in [0.3, 0.4) is 0 Å². The van der Waals surface area contributed by atoms with Crippen molar-refractivity contribution in [3.63, 3.8) is 0 Å². The van der Waals surface area contributed by atoms with Crippen LogP contribution in [-0.2, 0) is 12.8 Å². The average molecular weight is 581 g/mol. The van der Waals surface area contributed by atoms with E-state index in [0.717, 1.165) is 37.7 Å². The minimum atomic E-state index is -0.120. The molecule has 0 aliphatic heterocycles. The van der Waals surface area contributed by atoms with Gasteiger partial charge in [-0.25, -0.2) is 0 Å². The van der Waals surface area contributed by atoms with Crippen molar-refractivity contribution in [2.45, 2.75) is 100 Å². The van der Waals surface area contributed by atoms with Crippen molar-refractivity contribution in [2.75, 3.05) is 0 Å². The van der Waals surface area contributed by atoms with E-state index in [-0.39, 0.29) is 16.2 Å². The number of fused-ring (bicyclic) bond motifs is 3. The van der Waals surface area contributed by atoms with Gasteiger partial charge in [0.15, 0.2) is 0 Å². The van der Waals surface area contributed by atoms with Crippen LogP contribution < -0.4 is 0 Å². The van der Waals surface area contributed by atoms with Crippen molar-refractivity contribution in [2.24, 2.45) is 16.2 Å². The molecule has 228 valence electrons. The highest BCUT2D eigenvalue weighted by Gasteiger charge is 2.59. The van der Waals surface area contributed by atoms with E-state index in [2.05, 4.69) is 117 Å². The highest BCUT2D eigenvalue weighted by molar-refractivity contribution is 5.87. The molecule has 4 aliphatic carbocycles. The van der Waals surface area contributed by atoms with Crippen molar-refractivity contribution < 1.29 is 0 Å². The summed E-state index contributed by atoms with van der Waals surface area (Å²) < 4.78 is 0. The van der Waals surface area contributed by atoms with Gasteiger partial charge in [0.1, 0.15) is 0 Å². The molecule has 2 aromatic rings. The van der Waals surface area contributed by atoms with E-state index in [1.54, 1.807) is 0 Å². The first kappa shape index (κ1) is 30.6. The molecule has 0 heterocycles. The van der Waals surface area contributed by atoms with Gasteiger partial charge in [0.25, 0.3) is 0 Å². The van der Waals surface area contributed by atoms with E-state index in [0.29, 0.717) is 5.92 Å². The Bertz CT molecular complexity index is 1770. The molecule has 4 aliphatic rings. The Labute approximate surface area is 267 Å². The lowest BCUT2D eigenvalue weighted by Crippen LogP contribution is -2.52. The lowest BCUT2D eigenvalue weighted by atomic mass is 9.41. The van der Waals surface area contributed by atoms with E-state index >= 15 is 0 Å². The van der Waals surface area contributed by atoms with Crippen LogP contribution in [0.25, 0.3) is 11.1 Å². The maximum atomic E-state index is 4.89. The van der Waals surface area contributed by atoms with Crippen LogP contribution >= 0.6 is 0 Å². The van der Waals surface area contributed by atoms with E-state index in [1.807, 2.05) is 0 Å². The monoisotopic (exact) mass is 580 g/mol. The van der Waals surface area contributed by atoms with Gasteiger partial charge in [-0.15, -0.1) is 0 Å². The summed E-state index contributed by atoms with van der Waals surface area (Å²) in [5, 5.41) is 0. The summed E-state index contributed by atoms with van der Waals surface area (Å²) in [5.41, 5.74) is 20.7. The van der Waals surface area contributed by atoms with E-state index in [9.17, 15) is 0 Å². The van der Waals surface area contributed by atoms with Gasteiger partial charge >= 0.3 is 0 Å². The van der Waals surface area contributed by atoms with Gasteiger partial charge in [-0.1, -0.05) is 125 Å². The van der Waals surface area contributed by atoms with Crippen LogP contribution in [0.15, 0.2) is 107 Å². The zero-order valence-corrected chi connectivity index (χ0v) is 28.9. The summed E-state index contributed by atoms with van der Waals surface area (Å²) in [6.07, 6.45) is 10.2. The SMILES string of the molecule is C=C(C)C1=C(C)C[C@@]2(C)C[C@@]3(C)Cc4c(CC5=CC(c6cccc(C(C)C)c6)=CC5)ccc(C)c4C(=C)C3=C(C)[C@@]2(C)C1=C. The Morgan fingerprint density at radius 3 is 2.39 bits per heavy atom. The Balaban J connectivity index is 1.40. The summed E-state index contributed by atoms with van der Waals surface area (Å²) in [7, 11) is 0. The molecule has 0 amide bonds. The maximum Gasteiger partial charge on any atom is 0.0194 e. The van der Waals surface area contributed by atoms with Gasteiger partial charge < -0.3 is 0 Å². The molecular weight excluding hydrogens is 528 g/mol. The second-order valence-corrected chi connectivity index (χ2v) is 15.7. The van der Waals surface area contributed by atoms with Gasteiger partial charge in [-0.3, -0.25) is 0 Å². The molecule has 0 radical (unpaired) electrons. The number of hydrogen-bond acceptors (Lipinski definition) is 0. The Kier molecular flexibility index (Phi) is 7.20. The first-order valence-corrected chi connectivity index (χ1v) is 16.7. The third-order valence-electron chi connectivity index (χ3n) is 12.2. The van der Waals surface area contributed by atoms with Crippen LogP contribution in [0.1, 0.15) is 114 Å². The van der Waals surface area contributed by atoms with E-state index in [1.165, 1.54) is 78.0 Å².